The van der Waals surface area contributed by atoms with E-state index >= 15 is 0 Å². The topological polar surface area (TPSA) is 33.6 Å². The van der Waals surface area contributed by atoms with E-state index in [1.165, 1.54) is 50.7 Å². The van der Waals surface area contributed by atoms with Gasteiger partial charge < -0.3 is 4.74 Å². The standard InChI is InChI=1S/C23H28BrF3N2O/c1-2-3-4-5-6-7-8-14-30-22-13-12-18(15-21(22)24)17-28-29-20-11-9-10-19(16-20)23(25,26)27/h9-13,15-17,29H,2-8,14H2,1H3. The van der Waals surface area contributed by atoms with Crippen LogP contribution in [0, 0.1) is 0 Å². The van der Waals surface area contributed by atoms with Gasteiger partial charge in [0.25, 0.3) is 0 Å². The Labute approximate surface area is 184 Å². The number of benzene rings is 2. The summed E-state index contributed by atoms with van der Waals surface area (Å²) in [5, 5.41) is 4.02. The predicted octanol–water partition coefficient (Wildman–Crippen LogP) is 8.04. The first-order valence-electron chi connectivity index (χ1n) is 10.3. The molecule has 2 aromatic carbocycles. The molecule has 1 N–H and O–H groups in total. The quantitative estimate of drug-likeness (QED) is 0.188. The van der Waals surface area contributed by atoms with E-state index in [9.17, 15) is 13.2 Å². The summed E-state index contributed by atoms with van der Waals surface area (Å²) in [5.41, 5.74) is 2.98. The molecule has 30 heavy (non-hydrogen) atoms. The van der Waals surface area contributed by atoms with Crippen molar-refractivity contribution in [3.8, 4) is 5.75 Å². The molecule has 3 nitrogen and oxygen atoms in total. The molecule has 0 fully saturated rings. The van der Waals surface area contributed by atoms with Crippen LogP contribution >= 0.6 is 15.9 Å². The Morgan fingerprint density at radius 3 is 2.43 bits per heavy atom. The molecule has 0 amide bonds. The number of nitrogens with one attached hydrogen (secondary N) is 1. The summed E-state index contributed by atoms with van der Waals surface area (Å²) in [5.74, 6) is 0.768. The fourth-order valence-corrected chi connectivity index (χ4v) is 3.41. The van der Waals surface area contributed by atoms with Crippen molar-refractivity contribution in [1.29, 1.82) is 0 Å². The fraction of sp³-hybridized carbons (Fsp3) is 0.435. The van der Waals surface area contributed by atoms with E-state index in [0.717, 1.165) is 34.3 Å². The summed E-state index contributed by atoms with van der Waals surface area (Å²) in [6.07, 6.45) is 5.80. The number of anilines is 1. The molecule has 0 heterocycles. The van der Waals surface area contributed by atoms with Gasteiger partial charge in [-0.1, -0.05) is 51.5 Å². The molecular weight excluding hydrogens is 457 g/mol. The highest BCUT2D eigenvalue weighted by atomic mass is 79.9. The van der Waals surface area contributed by atoms with Crippen molar-refractivity contribution in [1.82, 2.24) is 0 Å². The minimum atomic E-state index is -4.38. The largest absolute Gasteiger partial charge is 0.492 e. The number of unbranched alkanes of at least 4 members (excludes halogenated alkanes) is 6. The SMILES string of the molecule is CCCCCCCCCOc1ccc(C=NNc2cccc(C(F)(F)F)c2)cc1Br. The number of nitrogens with zero attached hydrogens (tertiary/aromatic N) is 1. The van der Waals surface area contributed by atoms with Crippen LogP contribution < -0.4 is 10.2 Å². The molecule has 2 rings (SSSR count). The molecule has 0 atom stereocenters. The summed E-state index contributed by atoms with van der Waals surface area (Å²) in [7, 11) is 0. The Balaban J connectivity index is 1.78. The van der Waals surface area contributed by atoms with E-state index in [0.29, 0.717) is 6.61 Å². The van der Waals surface area contributed by atoms with Crippen molar-refractivity contribution >= 4 is 27.8 Å². The molecule has 0 saturated carbocycles. The number of rotatable bonds is 12. The molecule has 0 bridgehead atoms. The van der Waals surface area contributed by atoms with E-state index in [4.69, 9.17) is 4.74 Å². The van der Waals surface area contributed by atoms with Gasteiger partial charge in [0.1, 0.15) is 5.75 Å². The Hall–Kier alpha value is -2.02. The molecule has 164 valence electrons. The number of hydrogen-bond donors (Lipinski definition) is 1. The molecule has 0 aromatic heterocycles. The highest BCUT2D eigenvalue weighted by Gasteiger charge is 2.30. The van der Waals surface area contributed by atoms with Crippen molar-refractivity contribution in [3.63, 3.8) is 0 Å². The lowest BCUT2D eigenvalue weighted by atomic mass is 10.1. The third-order valence-corrected chi connectivity index (χ3v) is 5.18. The van der Waals surface area contributed by atoms with Crippen LogP contribution in [0.2, 0.25) is 0 Å². The highest BCUT2D eigenvalue weighted by Crippen LogP contribution is 2.30. The van der Waals surface area contributed by atoms with Gasteiger partial charge >= 0.3 is 6.18 Å². The van der Waals surface area contributed by atoms with Gasteiger partial charge in [0.15, 0.2) is 0 Å². The van der Waals surface area contributed by atoms with Gasteiger partial charge in [0, 0.05) is 0 Å². The highest BCUT2D eigenvalue weighted by molar-refractivity contribution is 9.10. The number of halogens is 4. The van der Waals surface area contributed by atoms with Crippen LogP contribution in [0.25, 0.3) is 0 Å². The minimum Gasteiger partial charge on any atom is -0.492 e. The molecule has 0 unspecified atom stereocenters. The zero-order chi connectivity index (χ0) is 21.8. The van der Waals surface area contributed by atoms with E-state index in [-0.39, 0.29) is 5.69 Å². The second-order valence-corrected chi connectivity index (χ2v) is 7.96. The third kappa shape index (κ3) is 8.78. The van der Waals surface area contributed by atoms with E-state index in [2.05, 4.69) is 33.4 Å². The smallest absolute Gasteiger partial charge is 0.416 e. The van der Waals surface area contributed by atoms with Gasteiger partial charge in [-0.3, -0.25) is 5.43 Å². The average molecular weight is 485 g/mol. The predicted molar refractivity (Wildman–Crippen MR) is 120 cm³/mol. The van der Waals surface area contributed by atoms with E-state index in [1.807, 2.05) is 18.2 Å². The van der Waals surface area contributed by atoms with Gasteiger partial charge in [-0.15, -0.1) is 0 Å². The second kappa shape index (κ2) is 12.6. The summed E-state index contributed by atoms with van der Waals surface area (Å²) in [6.45, 7) is 2.90. The lowest BCUT2D eigenvalue weighted by Crippen LogP contribution is -2.05. The van der Waals surface area contributed by atoms with Crippen LogP contribution in [0.4, 0.5) is 18.9 Å². The van der Waals surface area contributed by atoms with Crippen molar-refractivity contribution in [3.05, 3.63) is 58.1 Å². The molecule has 0 radical (unpaired) electrons. The monoisotopic (exact) mass is 484 g/mol. The number of ether oxygens (including phenoxy) is 1. The minimum absolute atomic E-state index is 0.273. The van der Waals surface area contributed by atoms with Crippen LogP contribution in [0.15, 0.2) is 52.0 Å². The van der Waals surface area contributed by atoms with Crippen LogP contribution in [0.5, 0.6) is 5.75 Å². The lowest BCUT2D eigenvalue weighted by molar-refractivity contribution is -0.137. The molecule has 0 saturated heterocycles. The van der Waals surface area contributed by atoms with Gasteiger partial charge in [-0.05, 0) is 64.3 Å². The Morgan fingerprint density at radius 2 is 1.73 bits per heavy atom. The van der Waals surface area contributed by atoms with Crippen molar-refractivity contribution in [2.75, 3.05) is 12.0 Å². The molecule has 0 aliphatic rings. The normalized spacial score (nSPS) is 11.8. The number of hydrogen-bond acceptors (Lipinski definition) is 3. The zero-order valence-corrected chi connectivity index (χ0v) is 18.7. The maximum Gasteiger partial charge on any atom is 0.416 e. The zero-order valence-electron chi connectivity index (χ0n) is 17.1. The fourth-order valence-electron chi connectivity index (χ4n) is 2.90. The van der Waals surface area contributed by atoms with Crippen molar-refractivity contribution < 1.29 is 17.9 Å². The molecule has 0 spiro atoms. The van der Waals surface area contributed by atoms with Crippen LogP contribution in [-0.4, -0.2) is 12.8 Å². The first kappa shape index (κ1) is 24.3. The molecule has 2 aromatic rings. The summed E-state index contributed by atoms with van der Waals surface area (Å²) in [6, 6.07) is 10.5. The first-order chi connectivity index (χ1) is 14.4. The Morgan fingerprint density at radius 1 is 1.00 bits per heavy atom. The average Bonchev–Trinajstić information content (AvgIpc) is 2.71. The Bertz CT molecular complexity index is 809. The molecule has 0 aliphatic heterocycles. The van der Waals surface area contributed by atoms with E-state index in [1.54, 1.807) is 6.21 Å². The third-order valence-electron chi connectivity index (χ3n) is 4.56. The summed E-state index contributed by atoms with van der Waals surface area (Å²) in [4.78, 5) is 0. The summed E-state index contributed by atoms with van der Waals surface area (Å²) < 4.78 is 44.9. The van der Waals surface area contributed by atoms with Crippen molar-refractivity contribution in [2.24, 2.45) is 5.10 Å². The van der Waals surface area contributed by atoms with Crippen LogP contribution in [-0.2, 0) is 6.18 Å². The Kier molecular flexibility index (Phi) is 10.2. The van der Waals surface area contributed by atoms with Crippen molar-refractivity contribution in [2.45, 2.75) is 58.0 Å². The maximum absolute atomic E-state index is 12.7. The number of alkyl halides is 3. The van der Waals surface area contributed by atoms with Gasteiger partial charge in [0.2, 0.25) is 0 Å². The molecule has 0 aliphatic carbocycles. The second-order valence-electron chi connectivity index (χ2n) is 7.11. The summed E-state index contributed by atoms with van der Waals surface area (Å²) >= 11 is 3.49. The molecule has 7 heteroatoms. The number of hydrazone groups is 1. The van der Waals surface area contributed by atoms with Crippen LogP contribution in [0.1, 0.15) is 63.0 Å². The van der Waals surface area contributed by atoms with Gasteiger partial charge in [-0.2, -0.15) is 18.3 Å². The van der Waals surface area contributed by atoms with Gasteiger partial charge in [-0.25, -0.2) is 0 Å². The first-order valence-corrected chi connectivity index (χ1v) is 11.1. The maximum atomic E-state index is 12.7. The van der Waals surface area contributed by atoms with E-state index < -0.39 is 11.7 Å². The van der Waals surface area contributed by atoms with Gasteiger partial charge in [0.05, 0.1) is 28.5 Å². The lowest BCUT2D eigenvalue weighted by Gasteiger charge is -2.09. The van der Waals surface area contributed by atoms with Crippen LogP contribution in [0.3, 0.4) is 0 Å². The molecular formula is C23H28BrF3N2O.